The van der Waals surface area contributed by atoms with E-state index < -0.39 is 6.10 Å². The molecule has 22 heavy (non-hydrogen) atoms. The third-order valence-corrected chi connectivity index (χ3v) is 4.63. The molecule has 1 saturated heterocycles. The van der Waals surface area contributed by atoms with E-state index in [1.54, 1.807) is 0 Å². The molecule has 4 nitrogen and oxygen atoms in total. The predicted molar refractivity (Wildman–Crippen MR) is 88.4 cm³/mol. The van der Waals surface area contributed by atoms with Crippen LogP contribution in [0.2, 0.25) is 0 Å². The second-order valence-electron chi connectivity index (χ2n) is 6.60. The highest BCUT2D eigenvalue weighted by Crippen LogP contribution is 2.23. The number of hydrogen-bond acceptors (Lipinski definition) is 4. The molecule has 0 amide bonds. The highest BCUT2D eigenvalue weighted by atomic mass is 16.5. The van der Waals surface area contributed by atoms with E-state index in [2.05, 4.69) is 31.7 Å². The lowest BCUT2D eigenvalue weighted by Crippen LogP contribution is -2.41. The number of piperidine rings is 1. The summed E-state index contributed by atoms with van der Waals surface area (Å²) in [7, 11) is 0. The zero-order chi connectivity index (χ0) is 16.1. The Bertz CT molecular complexity index is 481. The molecule has 0 aromatic heterocycles. The minimum Gasteiger partial charge on any atom is -0.491 e. The van der Waals surface area contributed by atoms with Crippen LogP contribution in [0.1, 0.15) is 29.5 Å². The third-order valence-electron chi connectivity index (χ3n) is 4.63. The standard InChI is InChI=1S/C18H29NO3/c1-13-8-14(2)15(3)18(9-13)22-12-17(21)10-19-6-4-16(11-20)5-7-19/h8-9,16-17,20-21H,4-7,10-12H2,1-3H3. The molecule has 0 saturated carbocycles. The van der Waals surface area contributed by atoms with Gasteiger partial charge >= 0.3 is 0 Å². The first-order chi connectivity index (χ1) is 10.5. The monoisotopic (exact) mass is 307 g/mol. The van der Waals surface area contributed by atoms with Gasteiger partial charge in [-0.05, 0) is 75.4 Å². The van der Waals surface area contributed by atoms with Gasteiger partial charge in [-0.3, -0.25) is 0 Å². The van der Waals surface area contributed by atoms with Crippen molar-refractivity contribution in [2.45, 2.75) is 39.7 Å². The molecule has 1 fully saturated rings. The molecule has 2 N–H and O–H groups in total. The van der Waals surface area contributed by atoms with Crippen LogP contribution in [0.3, 0.4) is 0 Å². The Morgan fingerprint density at radius 1 is 1.23 bits per heavy atom. The van der Waals surface area contributed by atoms with Gasteiger partial charge in [0.05, 0.1) is 0 Å². The van der Waals surface area contributed by atoms with Crippen LogP contribution in [-0.4, -0.2) is 54.1 Å². The third kappa shape index (κ3) is 4.70. The van der Waals surface area contributed by atoms with Crippen molar-refractivity contribution in [1.29, 1.82) is 0 Å². The van der Waals surface area contributed by atoms with Crippen molar-refractivity contribution in [2.75, 3.05) is 32.8 Å². The average Bonchev–Trinajstić information content (AvgIpc) is 2.50. The first-order valence-corrected chi connectivity index (χ1v) is 8.21. The largest absolute Gasteiger partial charge is 0.491 e. The Balaban J connectivity index is 1.80. The number of rotatable bonds is 6. The molecular formula is C18H29NO3. The molecule has 1 heterocycles. The molecule has 1 aliphatic heterocycles. The lowest BCUT2D eigenvalue weighted by atomic mass is 9.98. The highest BCUT2D eigenvalue weighted by Gasteiger charge is 2.20. The number of aryl methyl sites for hydroxylation is 2. The van der Waals surface area contributed by atoms with E-state index in [0.29, 0.717) is 19.1 Å². The summed E-state index contributed by atoms with van der Waals surface area (Å²) >= 11 is 0. The first-order valence-electron chi connectivity index (χ1n) is 8.21. The molecule has 4 heteroatoms. The van der Waals surface area contributed by atoms with E-state index in [-0.39, 0.29) is 6.61 Å². The Morgan fingerprint density at radius 2 is 1.91 bits per heavy atom. The summed E-state index contributed by atoms with van der Waals surface area (Å²) in [6.45, 7) is 9.33. The van der Waals surface area contributed by atoms with E-state index in [9.17, 15) is 5.11 Å². The van der Waals surface area contributed by atoms with Gasteiger partial charge in [-0.2, -0.15) is 0 Å². The van der Waals surface area contributed by atoms with Gasteiger partial charge in [0.15, 0.2) is 0 Å². The summed E-state index contributed by atoms with van der Waals surface area (Å²) in [5, 5.41) is 19.4. The minimum atomic E-state index is -0.481. The molecular weight excluding hydrogens is 278 g/mol. The van der Waals surface area contributed by atoms with Crippen LogP contribution in [0.15, 0.2) is 12.1 Å². The maximum Gasteiger partial charge on any atom is 0.122 e. The number of ether oxygens (including phenoxy) is 1. The summed E-state index contributed by atoms with van der Waals surface area (Å²) in [5.74, 6) is 1.30. The summed E-state index contributed by atoms with van der Waals surface area (Å²) in [6, 6.07) is 4.17. The number of β-amino-alcohol motifs (C(OH)–C–C–N with tert-alkyl or cyclic N) is 1. The topological polar surface area (TPSA) is 52.9 Å². The normalized spacial score (nSPS) is 18.4. The van der Waals surface area contributed by atoms with E-state index in [1.807, 2.05) is 6.07 Å². The first kappa shape index (κ1) is 17.3. The summed E-state index contributed by atoms with van der Waals surface area (Å²) in [4.78, 5) is 2.26. The van der Waals surface area contributed by atoms with E-state index in [1.165, 1.54) is 11.1 Å². The SMILES string of the molecule is Cc1cc(C)c(C)c(OCC(O)CN2CCC(CO)CC2)c1. The maximum absolute atomic E-state index is 10.2. The second kappa shape index (κ2) is 7.95. The molecule has 0 bridgehead atoms. The van der Waals surface area contributed by atoms with E-state index in [0.717, 1.165) is 37.2 Å². The quantitative estimate of drug-likeness (QED) is 0.844. The van der Waals surface area contributed by atoms with Crippen LogP contribution in [0.25, 0.3) is 0 Å². The molecule has 1 unspecified atom stereocenters. The van der Waals surface area contributed by atoms with Gasteiger partial charge in [0, 0.05) is 13.2 Å². The lowest BCUT2D eigenvalue weighted by molar-refractivity contribution is 0.0487. The zero-order valence-corrected chi connectivity index (χ0v) is 14.0. The fourth-order valence-electron chi connectivity index (χ4n) is 3.04. The Morgan fingerprint density at radius 3 is 2.55 bits per heavy atom. The number of aliphatic hydroxyl groups excluding tert-OH is 2. The van der Waals surface area contributed by atoms with Gasteiger partial charge in [0.25, 0.3) is 0 Å². The number of nitrogens with zero attached hydrogens (tertiary/aromatic N) is 1. The van der Waals surface area contributed by atoms with Crippen molar-refractivity contribution in [3.63, 3.8) is 0 Å². The van der Waals surface area contributed by atoms with Crippen LogP contribution in [0.4, 0.5) is 0 Å². The summed E-state index contributed by atoms with van der Waals surface area (Å²) in [6.07, 6.45) is 1.55. The molecule has 0 aliphatic carbocycles. The molecule has 0 radical (unpaired) electrons. The Kier molecular flexibility index (Phi) is 6.24. The molecule has 0 spiro atoms. The molecule has 1 aromatic rings. The van der Waals surface area contributed by atoms with Gasteiger partial charge in [0.1, 0.15) is 18.5 Å². The van der Waals surface area contributed by atoms with Gasteiger partial charge in [0.2, 0.25) is 0 Å². The van der Waals surface area contributed by atoms with E-state index >= 15 is 0 Å². The van der Waals surface area contributed by atoms with Crippen LogP contribution in [0, 0.1) is 26.7 Å². The summed E-state index contributed by atoms with van der Waals surface area (Å²) < 4.78 is 5.83. The van der Waals surface area contributed by atoms with Crippen molar-refractivity contribution >= 4 is 0 Å². The minimum absolute atomic E-state index is 0.283. The maximum atomic E-state index is 10.2. The highest BCUT2D eigenvalue weighted by molar-refractivity contribution is 5.41. The van der Waals surface area contributed by atoms with Crippen LogP contribution < -0.4 is 4.74 Å². The average molecular weight is 307 g/mol. The smallest absolute Gasteiger partial charge is 0.122 e. The van der Waals surface area contributed by atoms with Crippen molar-refractivity contribution in [3.05, 3.63) is 28.8 Å². The van der Waals surface area contributed by atoms with Crippen LogP contribution in [-0.2, 0) is 0 Å². The zero-order valence-electron chi connectivity index (χ0n) is 14.0. The molecule has 1 aromatic carbocycles. The van der Waals surface area contributed by atoms with Gasteiger partial charge in [-0.15, -0.1) is 0 Å². The number of likely N-dealkylation sites (tertiary alicyclic amines) is 1. The lowest BCUT2D eigenvalue weighted by Gasteiger charge is -2.32. The van der Waals surface area contributed by atoms with Gasteiger partial charge in [-0.1, -0.05) is 6.07 Å². The van der Waals surface area contributed by atoms with Crippen molar-refractivity contribution in [3.8, 4) is 5.75 Å². The van der Waals surface area contributed by atoms with Crippen molar-refractivity contribution in [1.82, 2.24) is 4.90 Å². The predicted octanol–water partition coefficient (Wildman–Crippen LogP) is 2.06. The number of benzene rings is 1. The molecule has 2 rings (SSSR count). The fraction of sp³-hybridized carbons (Fsp3) is 0.667. The second-order valence-corrected chi connectivity index (χ2v) is 6.60. The molecule has 1 atom stereocenters. The van der Waals surface area contributed by atoms with E-state index in [4.69, 9.17) is 9.84 Å². The summed E-state index contributed by atoms with van der Waals surface area (Å²) in [5.41, 5.74) is 3.54. The number of aliphatic hydroxyl groups is 2. The Labute approximate surface area is 133 Å². The molecule has 1 aliphatic rings. The fourth-order valence-corrected chi connectivity index (χ4v) is 3.04. The number of hydrogen-bond donors (Lipinski definition) is 2. The Hall–Kier alpha value is -1.10. The van der Waals surface area contributed by atoms with Crippen LogP contribution in [0.5, 0.6) is 5.75 Å². The van der Waals surface area contributed by atoms with Crippen molar-refractivity contribution in [2.24, 2.45) is 5.92 Å². The van der Waals surface area contributed by atoms with Crippen molar-refractivity contribution < 1.29 is 14.9 Å². The van der Waals surface area contributed by atoms with Crippen LogP contribution >= 0.6 is 0 Å². The van der Waals surface area contributed by atoms with Gasteiger partial charge < -0.3 is 19.8 Å². The van der Waals surface area contributed by atoms with Gasteiger partial charge in [-0.25, -0.2) is 0 Å². The molecule has 124 valence electrons.